The largest absolute Gasteiger partial charge is 0.382 e. The summed E-state index contributed by atoms with van der Waals surface area (Å²) in [5.41, 5.74) is 0. The number of aliphatic imine (C=N–C) groups is 1. The van der Waals surface area contributed by atoms with Crippen molar-refractivity contribution in [1.29, 1.82) is 0 Å². The standard InChI is InChI=1S/C15H24BrN3O2S/c1-17-15(18-9-13-3-4-14(16)22-13)19-6-5-12(10-19)11-21-8-7-20-2/h3-4,12H,5-11H2,1-2H3,(H,17,18). The number of thiophene rings is 1. The SMILES string of the molecule is CN=C(NCc1ccc(Br)s1)N1CCC(COCCOC)C1. The van der Waals surface area contributed by atoms with E-state index < -0.39 is 0 Å². The normalized spacial score (nSPS) is 19.0. The van der Waals surface area contributed by atoms with Crippen molar-refractivity contribution in [2.24, 2.45) is 10.9 Å². The second-order valence-corrected chi connectivity index (χ2v) is 7.82. The van der Waals surface area contributed by atoms with Crippen LogP contribution in [0.3, 0.4) is 0 Å². The summed E-state index contributed by atoms with van der Waals surface area (Å²) >= 11 is 5.24. The van der Waals surface area contributed by atoms with Gasteiger partial charge in [-0.05, 0) is 34.5 Å². The van der Waals surface area contributed by atoms with E-state index in [1.807, 2.05) is 7.05 Å². The number of rotatable bonds is 7. The molecule has 0 aromatic carbocycles. The Morgan fingerprint density at radius 1 is 1.50 bits per heavy atom. The predicted molar refractivity (Wildman–Crippen MR) is 94.6 cm³/mol. The number of nitrogens with one attached hydrogen (secondary N) is 1. The Kier molecular flexibility index (Phi) is 7.65. The van der Waals surface area contributed by atoms with Gasteiger partial charge in [0.25, 0.3) is 0 Å². The molecule has 124 valence electrons. The van der Waals surface area contributed by atoms with Gasteiger partial charge in [0.15, 0.2) is 5.96 Å². The first-order valence-electron chi connectivity index (χ1n) is 7.49. The lowest BCUT2D eigenvalue weighted by atomic mass is 10.1. The molecule has 1 aromatic heterocycles. The summed E-state index contributed by atoms with van der Waals surface area (Å²) in [6.45, 7) is 4.99. The summed E-state index contributed by atoms with van der Waals surface area (Å²) in [4.78, 5) is 8.01. The first-order chi connectivity index (χ1) is 10.7. The van der Waals surface area contributed by atoms with Gasteiger partial charge in [-0.1, -0.05) is 0 Å². The minimum absolute atomic E-state index is 0.575. The van der Waals surface area contributed by atoms with E-state index in [0.717, 1.165) is 42.4 Å². The van der Waals surface area contributed by atoms with Crippen LogP contribution in [-0.2, 0) is 16.0 Å². The Bertz CT molecular complexity index is 481. The molecule has 5 nitrogen and oxygen atoms in total. The zero-order chi connectivity index (χ0) is 15.8. The van der Waals surface area contributed by atoms with Crippen LogP contribution in [0.2, 0.25) is 0 Å². The second-order valence-electron chi connectivity index (χ2n) is 5.28. The average Bonchev–Trinajstić information content (AvgIpc) is 3.14. The van der Waals surface area contributed by atoms with Crippen LogP contribution in [-0.4, -0.2) is 57.9 Å². The molecule has 22 heavy (non-hydrogen) atoms. The van der Waals surface area contributed by atoms with Gasteiger partial charge < -0.3 is 19.7 Å². The highest BCUT2D eigenvalue weighted by molar-refractivity contribution is 9.11. The quantitative estimate of drug-likeness (QED) is 0.442. The Balaban J connectivity index is 1.73. The fourth-order valence-corrected chi connectivity index (χ4v) is 3.92. The summed E-state index contributed by atoms with van der Waals surface area (Å²) in [5.74, 6) is 1.55. The number of nitrogens with zero attached hydrogens (tertiary/aromatic N) is 2. The Hall–Kier alpha value is -0.630. The van der Waals surface area contributed by atoms with E-state index in [1.165, 1.54) is 4.88 Å². The molecule has 1 N–H and O–H groups in total. The van der Waals surface area contributed by atoms with E-state index in [2.05, 4.69) is 43.3 Å². The summed E-state index contributed by atoms with van der Waals surface area (Å²) in [6, 6.07) is 4.21. The zero-order valence-corrected chi connectivity index (χ0v) is 15.6. The maximum atomic E-state index is 5.64. The highest BCUT2D eigenvalue weighted by atomic mass is 79.9. The second kappa shape index (κ2) is 9.50. The fraction of sp³-hybridized carbons (Fsp3) is 0.667. The van der Waals surface area contributed by atoms with Crippen LogP contribution in [0.15, 0.2) is 20.9 Å². The van der Waals surface area contributed by atoms with Crippen LogP contribution in [0, 0.1) is 5.92 Å². The molecular weight excluding hydrogens is 366 g/mol. The van der Waals surface area contributed by atoms with E-state index >= 15 is 0 Å². The molecule has 0 radical (unpaired) electrons. The lowest BCUT2D eigenvalue weighted by molar-refractivity contribution is 0.0536. The Labute approximate surface area is 144 Å². The third kappa shape index (κ3) is 5.53. The smallest absolute Gasteiger partial charge is 0.193 e. The van der Waals surface area contributed by atoms with E-state index in [0.29, 0.717) is 19.1 Å². The van der Waals surface area contributed by atoms with Gasteiger partial charge in [0.05, 0.1) is 30.2 Å². The number of guanidine groups is 1. The zero-order valence-electron chi connectivity index (χ0n) is 13.2. The number of halogens is 1. The molecule has 1 aliphatic rings. The summed E-state index contributed by atoms with van der Waals surface area (Å²) < 4.78 is 11.8. The number of likely N-dealkylation sites (tertiary alicyclic amines) is 1. The molecule has 0 saturated carbocycles. The highest BCUT2D eigenvalue weighted by Crippen LogP contribution is 2.22. The number of methoxy groups -OCH3 is 1. The van der Waals surface area contributed by atoms with Gasteiger partial charge in [-0.15, -0.1) is 11.3 Å². The van der Waals surface area contributed by atoms with Crippen LogP contribution in [0.1, 0.15) is 11.3 Å². The summed E-state index contributed by atoms with van der Waals surface area (Å²) in [5, 5.41) is 3.44. The molecule has 2 heterocycles. The van der Waals surface area contributed by atoms with Gasteiger partial charge in [0.1, 0.15) is 0 Å². The van der Waals surface area contributed by atoms with E-state index in [4.69, 9.17) is 9.47 Å². The molecule has 7 heteroatoms. The monoisotopic (exact) mass is 389 g/mol. The van der Waals surface area contributed by atoms with Gasteiger partial charge >= 0.3 is 0 Å². The molecule has 2 rings (SSSR count). The minimum Gasteiger partial charge on any atom is -0.382 e. The van der Waals surface area contributed by atoms with E-state index in [9.17, 15) is 0 Å². The molecule has 0 amide bonds. The predicted octanol–water partition coefficient (Wildman–Crippen LogP) is 2.57. The third-order valence-corrected chi connectivity index (χ3v) is 5.26. The fourth-order valence-electron chi connectivity index (χ4n) is 2.50. The molecule has 1 saturated heterocycles. The van der Waals surface area contributed by atoms with Crippen LogP contribution in [0.25, 0.3) is 0 Å². The van der Waals surface area contributed by atoms with Crippen LogP contribution in [0.5, 0.6) is 0 Å². The van der Waals surface area contributed by atoms with Crippen LogP contribution < -0.4 is 5.32 Å². The summed E-state index contributed by atoms with van der Waals surface area (Å²) in [7, 11) is 3.54. The van der Waals surface area contributed by atoms with Crippen LogP contribution >= 0.6 is 27.3 Å². The van der Waals surface area contributed by atoms with Crippen LogP contribution in [0.4, 0.5) is 0 Å². The number of ether oxygens (including phenoxy) is 2. The average molecular weight is 390 g/mol. The Morgan fingerprint density at radius 3 is 3.05 bits per heavy atom. The van der Waals surface area contributed by atoms with Crippen molar-refractivity contribution in [3.05, 3.63) is 20.8 Å². The van der Waals surface area contributed by atoms with Crippen molar-refractivity contribution in [2.45, 2.75) is 13.0 Å². The van der Waals surface area contributed by atoms with Gasteiger partial charge in [-0.3, -0.25) is 4.99 Å². The molecule has 1 atom stereocenters. The maximum Gasteiger partial charge on any atom is 0.193 e. The van der Waals surface area contributed by atoms with Crippen molar-refractivity contribution < 1.29 is 9.47 Å². The molecule has 1 aliphatic heterocycles. The molecule has 1 aromatic rings. The van der Waals surface area contributed by atoms with Gasteiger partial charge in [0.2, 0.25) is 0 Å². The highest BCUT2D eigenvalue weighted by Gasteiger charge is 2.24. The number of hydrogen-bond acceptors (Lipinski definition) is 4. The minimum atomic E-state index is 0.575. The van der Waals surface area contributed by atoms with Gasteiger partial charge in [0, 0.05) is 38.0 Å². The van der Waals surface area contributed by atoms with Crippen molar-refractivity contribution in [3.8, 4) is 0 Å². The van der Waals surface area contributed by atoms with Gasteiger partial charge in [-0.2, -0.15) is 0 Å². The number of hydrogen-bond donors (Lipinski definition) is 1. The van der Waals surface area contributed by atoms with E-state index in [-0.39, 0.29) is 0 Å². The lowest BCUT2D eigenvalue weighted by Crippen LogP contribution is -2.39. The van der Waals surface area contributed by atoms with Crippen molar-refractivity contribution in [1.82, 2.24) is 10.2 Å². The topological polar surface area (TPSA) is 46.1 Å². The van der Waals surface area contributed by atoms with E-state index in [1.54, 1.807) is 18.4 Å². The summed E-state index contributed by atoms with van der Waals surface area (Å²) in [6.07, 6.45) is 1.15. The molecular formula is C15H24BrN3O2S. The molecule has 0 aliphatic carbocycles. The molecule has 1 unspecified atom stereocenters. The lowest BCUT2D eigenvalue weighted by Gasteiger charge is -2.21. The maximum absolute atomic E-state index is 5.64. The van der Waals surface area contributed by atoms with Crippen molar-refractivity contribution in [2.75, 3.05) is 47.1 Å². The third-order valence-electron chi connectivity index (χ3n) is 3.63. The first kappa shape index (κ1) is 17.7. The molecule has 1 fully saturated rings. The van der Waals surface area contributed by atoms with Crippen molar-refractivity contribution in [3.63, 3.8) is 0 Å². The Morgan fingerprint density at radius 2 is 2.36 bits per heavy atom. The molecule has 0 bridgehead atoms. The molecule has 0 spiro atoms. The first-order valence-corrected chi connectivity index (χ1v) is 9.10. The van der Waals surface area contributed by atoms with Gasteiger partial charge in [-0.25, -0.2) is 0 Å². The van der Waals surface area contributed by atoms with Crippen molar-refractivity contribution >= 4 is 33.2 Å².